The van der Waals surface area contributed by atoms with E-state index >= 15 is 0 Å². The van der Waals surface area contributed by atoms with Gasteiger partial charge in [0.15, 0.2) is 0 Å². The highest BCUT2D eigenvalue weighted by molar-refractivity contribution is 14.2. The van der Waals surface area contributed by atoms with Gasteiger partial charge < -0.3 is 0 Å². The first-order valence-electron chi connectivity index (χ1n) is 2.89. The van der Waals surface area contributed by atoms with Gasteiger partial charge in [0.2, 0.25) is 0 Å². The highest BCUT2D eigenvalue weighted by Crippen LogP contribution is 2.37. The smallest absolute Gasteiger partial charge is 0.0955 e. The highest BCUT2D eigenvalue weighted by Gasteiger charge is 2.16. The third kappa shape index (κ3) is 2.34. The molecule has 0 bridgehead atoms. The lowest BCUT2D eigenvalue weighted by molar-refractivity contribution is 1.09. The fraction of sp³-hybridized carbons (Fsp3) is 0.286. The average Bonchev–Trinajstić information content (AvgIpc) is 1.88. The van der Waals surface area contributed by atoms with Gasteiger partial charge >= 0.3 is 0 Å². The molecule has 0 aliphatic carbocycles. The molecular formula is C7H7I2N. The fourth-order valence-corrected chi connectivity index (χ4v) is 1.36. The first-order valence-corrected chi connectivity index (χ1v) is 5.05. The van der Waals surface area contributed by atoms with E-state index in [0.29, 0.717) is 0 Å². The largest absolute Gasteiger partial charge is 0.265 e. The van der Waals surface area contributed by atoms with E-state index in [2.05, 4.69) is 57.1 Å². The first kappa shape index (κ1) is 8.70. The van der Waals surface area contributed by atoms with Gasteiger partial charge in [-0.25, -0.2) is 0 Å². The second-order valence-electron chi connectivity index (χ2n) is 2.12. The minimum absolute atomic E-state index is 0.193. The molecule has 0 aliphatic rings. The van der Waals surface area contributed by atoms with E-state index in [4.69, 9.17) is 0 Å². The number of pyridine rings is 1. The van der Waals surface area contributed by atoms with E-state index in [-0.39, 0.29) is 1.43 Å². The van der Waals surface area contributed by atoms with Crippen LogP contribution in [0.3, 0.4) is 0 Å². The van der Waals surface area contributed by atoms with Gasteiger partial charge in [-0.05, 0) is 24.6 Å². The van der Waals surface area contributed by atoms with Crippen LogP contribution in [0.25, 0.3) is 0 Å². The Bertz CT molecular complexity index is 203. The summed E-state index contributed by atoms with van der Waals surface area (Å²) in [6, 6.07) is 4.08. The number of aromatic nitrogens is 1. The van der Waals surface area contributed by atoms with E-state index < -0.39 is 0 Å². The maximum absolute atomic E-state index is 3.95. The van der Waals surface area contributed by atoms with Crippen LogP contribution in [0, 0.1) is 0 Å². The monoisotopic (exact) mass is 359 g/mol. The molecule has 1 rings (SSSR count). The minimum atomic E-state index is 0.193. The quantitative estimate of drug-likeness (QED) is 0.555. The van der Waals surface area contributed by atoms with Crippen LogP contribution in [0.15, 0.2) is 24.5 Å². The van der Waals surface area contributed by atoms with Crippen molar-refractivity contribution in [3.05, 3.63) is 30.1 Å². The van der Waals surface area contributed by atoms with Crippen molar-refractivity contribution in [1.29, 1.82) is 0 Å². The van der Waals surface area contributed by atoms with Crippen LogP contribution in [-0.4, -0.2) is 4.98 Å². The van der Waals surface area contributed by atoms with E-state index in [1.54, 1.807) is 0 Å². The van der Waals surface area contributed by atoms with E-state index in [0.717, 1.165) is 0 Å². The normalized spacial score (nSPS) is 11.5. The van der Waals surface area contributed by atoms with Crippen LogP contribution in [0.5, 0.6) is 0 Å². The van der Waals surface area contributed by atoms with Crippen LogP contribution < -0.4 is 0 Å². The van der Waals surface area contributed by atoms with Crippen LogP contribution in [-0.2, 0) is 1.43 Å². The number of hydrogen-bond donors (Lipinski definition) is 0. The fourth-order valence-electron chi connectivity index (χ4n) is 0.645. The predicted octanol–water partition coefficient (Wildman–Crippen LogP) is 3.12. The molecular weight excluding hydrogens is 352 g/mol. The summed E-state index contributed by atoms with van der Waals surface area (Å²) in [7, 11) is 0. The Balaban J connectivity index is 2.97. The van der Waals surface area contributed by atoms with Crippen LogP contribution in [0.4, 0.5) is 0 Å². The second-order valence-corrected chi connectivity index (χ2v) is 8.50. The summed E-state index contributed by atoms with van der Waals surface area (Å²) >= 11 is 4.80. The lowest BCUT2D eigenvalue weighted by Gasteiger charge is -2.13. The molecule has 3 heteroatoms. The molecule has 0 aromatic carbocycles. The summed E-state index contributed by atoms with van der Waals surface area (Å²) in [5, 5.41) is 0. The lowest BCUT2D eigenvalue weighted by Crippen LogP contribution is -2.00. The minimum Gasteiger partial charge on any atom is -0.265 e. The summed E-state index contributed by atoms with van der Waals surface area (Å²) < 4.78 is 0.193. The summed E-state index contributed by atoms with van der Waals surface area (Å²) in [5.41, 5.74) is 1.31. The zero-order valence-electron chi connectivity index (χ0n) is 5.51. The predicted molar refractivity (Wildman–Crippen MR) is 59.6 cm³/mol. The summed E-state index contributed by atoms with van der Waals surface area (Å²) in [6.07, 6.45) is 3.65. The molecule has 0 aliphatic heterocycles. The Labute approximate surface area is 87.9 Å². The third-order valence-corrected chi connectivity index (χ3v) is 2.43. The SMILES string of the molecule is CC(I)(I)c1ccncc1. The molecule has 0 unspecified atom stereocenters. The Morgan fingerprint density at radius 2 is 1.80 bits per heavy atom. The molecule has 0 spiro atoms. The van der Waals surface area contributed by atoms with Gasteiger partial charge in [0.25, 0.3) is 0 Å². The van der Waals surface area contributed by atoms with Crippen LogP contribution in [0.2, 0.25) is 0 Å². The van der Waals surface area contributed by atoms with Gasteiger partial charge in [-0.15, -0.1) is 0 Å². The number of nitrogens with zero attached hydrogens (tertiary/aromatic N) is 1. The molecule has 0 amide bonds. The topological polar surface area (TPSA) is 12.9 Å². The zero-order chi connectivity index (χ0) is 7.61. The van der Waals surface area contributed by atoms with Crippen molar-refractivity contribution in [1.82, 2.24) is 4.98 Å². The molecule has 0 fully saturated rings. The van der Waals surface area contributed by atoms with Gasteiger partial charge in [0.05, 0.1) is 1.43 Å². The van der Waals surface area contributed by atoms with Crippen molar-refractivity contribution in [2.24, 2.45) is 0 Å². The van der Waals surface area contributed by atoms with Crippen molar-refractivity contribution in [3.8, 4) is 0 Å². The molecule has 1 nitrogen and oxygen atoms in total. The van der Waals surface area contributed by atoms with Crippen LogP contribution in [0.1, 0.15) is 12.5 Å². The van der Waals surface area contributed by atoms with Crippen molar-refractivity contribution in [3.63, 3.8) is 0 Å². The van der Waals surface area contributed by atoms with Gasteiger partial charge in [-0.1, -0.05) is 45.2 Å². The van der Waals surface area contributed by atoms with Gasteiger partial charge in [0, 0.05) is 12.4 Å². The summed E-state index contributed by atoms with van der Waals surface area (Å²) in [6.45, 7) is 2.17. The number of rotatable bonds is 1. The second kappa shape index (κ2) is 3.34. The summed E-state index contributed by atoms with van der Waals surface area (Å²) in [4.78, 5) is 3.95. The van der Waals surface area contributed by atoms with E-state index in [1.807, 2.05) is 24.5 Å². The molecule has 0 atom stereocenters. The molecule has 0 N–H and O–H groups in total. The third-order valence-electron chi connectivity index (χ3n) is 1.19. The Hall–Kier alpha value is 0.610. The first-order chi connectivity index (χ1) is 4.61. The van der Waals surface area contributed by atoms with Gasteiger partial charge in [-0.3, -0.25) is 4.98 Å². The highest BCUT2D eigenvalue weighted by atomic mass is 127. The maximum atomic E-state index is 3.95. The molecule has 10 heavy (non-hydrogen) atoms. The van der Waals surface area contributed by atoms with Crippen molar-refractivity contribution < 1.29 is 0 Å². The Morgan fingerprint density at radius 3 is 2.10 bits per heavy atom. The summed E-state index contributed by atoms with van der Waals surface area (Å²) in [5.74, 6) is 0. The molecule has 0 saturated heterocycles. The standard InChI is InChI=1S/C7H7I2N/c1-7(8,9)6-2-4-10-5-3-6/h2-5H,1H3. The molecule has 0 saturated carbocycles. The van der Waals surface area contributed by atoms with Crippen LogP contribution >= 0.6 is 45.2 Å². The molecule has 1 aromatic heterocycles. The molecule has 1 heterocycles. The molecule has 54 valence electrons. The van der Waals surface area contributed by atoms with Crippen molar-refractivity contribution in [2.45, 2.75) is 8.35 Å². The number of halogens is 2. The van der Waals surface area contributed by atoms with Gasteiger partial charge in [-0.2, -0.15) is 0 Å². The maximum Gasteiger partial charge on any atom is 0.0955 e. The van der Waals surface area contributed by atoms with E-state index in [9.17, 15) is 0 Å². The van der Waals surface area contributed by atoms with Gasteiger partial charge in [0.1, 0.15) is 0 Å². The molecule has 0 radical (unpaired) electrons. The Kier molecular flexibility index (Phi) is 2.91. The number of hydrogen-bond acceptors (Lipinski definition) is 1. The van der Waals surface area contributed by atoms with Crippen molar-refractivity contribution in [2.75, 3.05) is 0 Å². The molecule has 1 aromatic rings. The van der Waals surface area contributed by atoms with Crippen molar-refractivity contribution >= 4 is 45.2 Å². The Morgan fingerprint density at radius 1 is 1.30 bits per heavy atom. The zero-order valence-corrected chi connectivity index (χ0v) is 9.83. The lowest BCUT2D eigenvalue weighted by atomic mass is 10.2. The average molecular weight is 359 g/mol. The van der Waals surface area contributed by atoms with E-state index in [1.165, 1.54) is 5.56 Å². The number of alkyl halides is 2.